The Morgan fingerprint density at radius 2 is 1.67 bits per heavy atom. The molecule has 2 aromatic rings. The van der Waals surface area contributed by atoms with Crippen LogP contribution in [0.3, 0.4) is 0 Å². The predicted molar refractivity (Wildman–Crippen MR) is 81.6 cm³/mol. The van der Waals surface area contributed by atoms with Crippen LogP contribution in [0.1, 0.15) is 18.4 Å². The molecule has 4 heteroatoms. The van der Waals surface area contributed by atoms with E-state index < -0.39 is 11.6 Å². The Balaban J connectivity index is 1.64. The summed E-state index contributed by atoms with van der Waals surface area (Å²) in [5, 5.41) is 3.12. The molecule has 0 atom stereocenters. The second-order valence-electron chi connectivity index (χ2n) is 5.31. The zero-order valence-electron chi connectivity index (χ0n) is 11.8. The standard InChI is InChI=1S/C17H18F2N2/c18-16-5-3-4-13(17(16)19)12-20-14-6-8-15(9-7-14)21-10-1-2-11-21/h3-9,20H,1-2,10-12H2. The molecule has 0 spiro atoms. The Morgan fingerprint density at radius 1 is 0.952 bits per heavy atom. The average molecular weight is 288 g/mol. The third-order valence-corrected chi connectivity index (χ3v) is 3.85. The largest absolute Gasteiger partial charge is 0.381 e. The highest BCUT2D eigenvalue weighted by molar-refractivity contribution is 5.55. The lowest BCUT2D eigenvalue weighted by molar-refractivity contribution is 0.500. The molecule has 0 aliphatic carbocycles. The van der Waals surface area contributed by atoms with Crippen molar-refractivity contribution in [2.75, 3.05) is 23.3 Å². The van der Waals surface area contributed by atoms with E-state index in [1.807, 2.05) is 12.1 Å². The number of nitrogens with zero attached hydrogens (tertiary/aromatic N) is 1. The van der Waals surface area contributed by atoms with E-state index in [9.17, 15) is 8.78 Å². The lowest BCUT2D eigenvalue weighted by atomic mass is 10.2. The molecule has 1 saturated heterocycles. The molecular weight excluding hydrogens is 270 g/mol. The van der Waals surface area contributed by atoms with Gasteiger partial charge in [-0.3, -0.25) is 0 Å². The van der Waals surface area contributed by atoms with Crippen molar-refractivity contribution in [2.45, 2.75) is 19.4 Å². The molecule has 3 rings (SSSR count). The van der Waals surface area contributed by atoms with Gasteiger partial charge in [0, 0.05) is 36.6 Å². The van der Waals surface area contributed by atoms with Gasteiger partial charge in [0.25, 0.3) is 0 Å². The van der Waals surface area contributed by atoms with Crippen LogP contribution in [0.4, 0.5) is 20.2 Å². The number of anilines is 2. The van der Waals surface area contributed by atoms with E-state index in [0.717, 1.165) is 24.8 Å². The topological polar surface area (TPSA) is 15.3 Å². The Morgan fingerprint density at radius 3 is 2.38 bits per heavy atom. The summed E-state index contributed by atoms with van der Waals surface area (Å²) >= 11 is 0. The van der Waals surface area contributed by atoms with Crippen LogP contribution in [-0.2, 0) is 6.54 Å². The molecule has 21 heavy (non-hydrogen) atoms. The minimum absolute atomic E-state index is 0.270. The number of hydrogen-bond donors (Lipinski definition) is 1. The third-order valence-electron chi connectivity index (χ3n) is 3.85. The van der Waals surface area contributed by atoms with Gasteiger partial charge in [0.2, 0.25) is 0 Å². The van der Waals surface area contributed by atoms with Gasteiger partial charge < -0.3 is 10.2 Å². The monoisotopic (exact) mass is 288 g/mol. The van der Waals surface area contributed by atoms with Gasteiger partial charge in [0.15, 0.2) is 11.6 Å². The van der Waals surface area contributed by atoms with Crippen LogP contribution in [0.25, 0.3) is 0 Å². The Labute approximate surface area is 123 Å². The first-order chi connectivity index (χ1) is 10.2. The fourth-order valence-corrected chi connectivity index (χ4v) is 2.65. The van der Waals surface area contributed by atoms with Crippen molar-refractivity contribution in [1.82, 2.24) is 0 Å². The number of halogens is 2. The van der Waals surface area contributed by atoms with E-state index in [1.165, 1.54) is 24.6 Å². The number of nitrogens with one attached hydrogen (secondary N) is 1. The number of hydrogen-bond acceptors (Lipinski definition) is 2. The molecular formula is C17H18F2N2. The molecule has 1 heterocycles. The van der Waals surface area contributed by atoms with Crippen molar-refractivity contribution in [2.24, 2.45) is 0 Å². The Hall–Kier alpha value is -2.10. The Kier molecular flexibility index (Phi) is 4.04. The predicted octanol–water partition coefficient (Wildman–Crippen LogP) is 4.18. The van der Waals surface area contributed by atoms with E-state index in [2.05, 4.69) is 22.3 Å². The Bertz CT molecular complexity index is 605. The van der Waals surface area contributed by atoms with Gasteiger partial charge in [0.1, 0.15) is 0 Å². The minimum atomic E-state index is -0.807. The SMILES string of the molecule is Fc1cccc(CNc2ccc(N3CCCC3)cc2)c1F. The highest BCUT2D eigenvalue weighted by Gasteiger charge is 2.12. The van der Waals surface area contributed by atoms with Crippen LogP contribution in [0.15, 0.2) is 42.5 Å². The summed E-state index contributed by atoms with van der Waals surface area (Å²) < 4.78 is 26.7. The molecule has 0 radical (unpaired) electrons. The fourth-order valence-electron chi connectivity index (χ4n) is 2.65. The van der Waals surface area contributed by atoms with Crippen molar-refractivity contribution >= 4 is 11.4 Å². The van der Waals surface area contributed by atoms with E-state index >= 15 is 0 Å². The normalized spacial score (nSPS) is 14.5. The maximum absolute atomic E-state index is 13.6. The lowest BCUT2D eigenvalue weighted by Gasteiger charge is -2.18. The minimum Gasteiger partial charge on any atom is -0.381 e. The first-order valence-corrected chi connectivity index (χ1v) is 7.26. The fraction of sp³-hybridized carbons (Fsp3) is 0.294. The molecule has 0 aromatic heterocycles. The van der Waals surface area contributed by atoms with Gasteiger partial charge in [-0.1, -0.05) is 12.1 Å². The van der Waals surface area contributed by atoms with Gasteiger partial charge >= 0.3 is 0 Å². The van der Waals surface area contributed by atoms with Gasteiger partial charge in [0.05, 0.1) is 0 Å². The molecule has 0 bridgehead atoms. The van der Waals surface area contributed by atoms with Crippen LogP contribution in [0.2, 0.25) is 0 Å². The van der Waals surface area contributed by atoms with Gasteiger partial charge in [-0.15, -0.1) is 0 Å². The molecule has 1 fully saturated rings. The van der Waals surface area contributed by atoms with E-state index in [1.54, 1.807) is 6.07 Å². The second kappa shape index (κ2) is 6.12. The zero-order chi connectivity index (χ0) is 14.7. The first kappa shape index (κ1) is 13.9. The van der Waals surface area contributed by atoms with Gasteiger partial charge in [-0.2, -0.15) is 0 Å². The van der Waals surface area contributed by atoms with E-state index in [4.69, 9.17) is 0 Å². The smallest absolute Gasteiger partial charge is 0.163 e. The lowest BCUT2D eigenvalue weighted by Crippen LogP contribution is -2.17. The third kappa shape index (κ3) is 3.15. The molecule has 0 unspecified atom stereocenters. The van der Waals surface area contributed by atoms with Crippen LogP contribution >= 0.6 is 0 Å². The van der Waals surface area contributed by atoms with Crippen LogP contribution < -0.4 is 10.2 Å². The molecule has 110 valence electrons. The van der Waals surface area contributed by atoms with Crippen molar-refractivity contribution in [3.8, 4) is 0 Å². The summed E-state index contributed by atoms with van der Waals surface area (Å²) in [4.78, 5) is 2.36. The van der Waals surface area contributed by atoms with Crippen molar-refractivity contribution in [3.63, 3.8) is 0 Å². The van der Waals surface area contributed by atoms with Crippen molar-refractivity contribution in [3.05, 3.63) is 59.7 Å². The summed E-state index contributed by atoms with van der Waals surface area (Å²) in [5.74, 6) is -1.59. The molecule has 2 aromatic carbocycles. The molecule has 1 N–H and O–H groups in total. The van der Waals surface area contributed by atoms with Gasteiger partial charge in [-0.25, -0.2) is 8.78 Å². The van der Waals surface area contributed by atoms with Crippen LogP contribution in [-0.4, -0.2) is 13.1 Å². The summed E-state index contributed by atoms with van der Waals surface area (Å²) in [6, 6.07) is 12.3. The first-order valence-electron chi connectivity index (χ1n) is 7.26. The number of rotatable bonds is 4. The molecule has 0 saturated carbocycles. The number of benzene rings is 2. The molecule has 2 nitrogen and oxygen atoms in total. The summed E-state index contributed by atoms with van der Waals surface area (Å²) in [6.45, 7) is 2.50. The maximum atomic E-state index is 13.6. The van der Waals surface area contributed by atoms with Crippen molar-refractivity contribution < 1.29 is 8.78 Å². The summed E-state index contributed by atoms with van der Waals surface area (Å²) in [5.41, 5.74) is 2.45. The quantitative estimate of drug-likeness (QED) is 0.908. The summed E-state index contributed by atoms with van der Waals surface area (Å²) in [7, 11) is 0. The maximum Gasteiger partial charge on any atom is 0.163 e. The van der Waals surface area contributed by atoms with Crippen molar-refractivity contribution in [1.29, 1.82) is 0 Å². The van der Waals surface area contributed by atoms with E-state index in [-0.39, 0.29) is 6.54 Å². The van der Waals surface area contributed by atoms with Crippen LogP contribution in [0.5, 0.6) is 0 Å². The van der Waals surface area contributed by atoms with Crippen LogP contribution in [0, 0.1) is 11.6 Å². The highest BCUT2D eigenvalue weighted by atomic mass is 19.2. The highest BCUT2D eigenvalue weighted by Crippen LogP contribution is 2.22. The van der Waals surface area contributed by atoms with E-state index in [0.29, 0.717) is 5.56 Å². The zero-order valence-corrected chi connectivity index (χ0v) is 11.8. The van der Waals surface area contributed by atoms with Gasteiger partial charge in [-0.05, 0) is 43.2 Å². The average Bonchev–Trinajstić information content (AvgIpc) is 3.04. The molecule has 1 aliphatic heterocycles. The summed E-state index contributed by atoms with van der Waals surface area (Å²) in [6.07, 6.45) is 2.50. The second-order valence-corrected chi connectivity index (χ2v) is 5.31. The molecule has 0 amide bonds. The molecule has 1 aliphatic rings.